The van der Waals surface area contributed by atoms with Crippen LogP contribution in [0.1, 0.15) is 17.5 Å². The molecule has 2 rings (SSSR count). The maximum absolute atomic E-state index is 9.80. The molecule has 0 radical (unpaired) electrons. The number of nitrogen functional groups attached to an aromatic ring is 1. The van der Waals surface area contributed by atoms with Crippen LogP contribution in [0, 0.1) is 0 Å². The minimum atomic E-state index is -1.24. The molecule has 0 aromatic heterocycles. The molecule has 1 unspecified atom stereocenters. The summed E-state index contributed by atoms with van der Waals surface area (Å²) >= 11 is 0. The first-order valence-electron chi connectivity index (χ1n) is 4.17. The van der Waals surface area contributed by atoms with Crippen molar-refractivity contribution in [2.24, 2.45) is 5.73 Å². The van der Waals surface area contributed by atoms with E-state index < -0.39 is 5.72 Å². The average molecular weight is 176 g/mol. The summed E-state index contributed by atoms with van der Waals surface area (Å²) in [6.45, 7) is 0. The van der Waals surface area contributed by atoms with Gasteiger partial charge in [0.15, 0.2) is 0 Å². The second-order valence-electron chi connectivity index (χ2n) is 3.38. The quantitative estimate of drug-likeness (QED) is 0.404. The lowest BCUT2D eigenvalue weighted by molar-refractivity contribution is 0.0455. The summed E-state index contributed by atoms with van der Waals surface area (Å²) in [5, 5.41) is 9.80. The lowest BCUT2D eigenvalue weighted by Crippen LogP contribution is -2.37. The molecular weight excluding hydrogens is 164 g/mol. The van der Waals surface area contributed by atoms with E-state index in [4.69, 9.17) is 11.5 Å². The second-order valence-corrected chi connectivity index (χ2v) is 3.38. The summed E-state index contributed by atoms with van der Waals surface area (Å²) in [5.41, 5.74) is 12.4. The van der Waals surface area contributed by atoms with Gasteiger partial charge in [-0.25, -0.2) is 0 Å². The molecule has 13 heavy (non-hydrogen) atoms. The Balaban J connectivity index is 2.61. The number of hydrogen-bond acceptors (Lipinski definition) is 3. The van der Waals surface area contributed by atoms with Crippen molar-refractivity contribution < 1.29 is 5.11 Å². The maximum Gasteiger partial charge on any atom is 0.143 e. The third-order valence-corrected chi connectivity index (χ3v) is 2.27. The first-order valence-corrected chi connectivity index (χ1v) is 4.17. The van der Waals surface area contributed by atoms with Crippen molar-refractivity contribution in [2.75, 3.05) is 5.73 Å². The molecular formula is C10H12N2O. The number of fused-ring (bicyclic) bond motifs is 1. The Morgan fingerprint density at radius 1 is 1.38 bits per heavy atom. The van der Waals surface area contributed by atoms with E-state index >= 15 is 0 Å². The highest BCUT2D eigenvalue weighted by atomic mass is 16.3. The minimum absolute atomic E-state index is 0.448. The average Bonchev–Trinajstić information content (AvgIpc) is 2.02. The Bertz CT molecular complexity index is 369. The number of anilines is 1. The highest BCUT2D eigenvalue weighted by Crippen LogP contribution is 2.30. The summed E-state index contributed by atoms with van der Waals surface area (Å²) in [6, 6.07) is 5.33. The fraction of sp³-hybridized carbons (Fsp3) is 0.200. The number of rotatable bonds is 0. The molecule has 0 amide bonds. The summed E-state index contributed by atoms with van der Waals surface area (Å²) < 4.78 is 0. The Morgan fingerprint density at radius 3 is 2.92 bits per heavy atom. The third kappa shape index (κ3) is 1.32. The van der Waals surface area contributed by atoms with Gasteiger partial charge in [-0.05, 0) is 17.7 Å². The van der Waals surface area contributed by atoms with Crippen LogP contribution in [0.3, 0.4) is 0 Å². The number of hydrogen-bond donors (Lipinski definition) is 3. The zero-order valence-corrected chi connectivity index (χ0v) is 7.20. The highest BCUT2D eigenvalue weighted by Gasteiger charge is 2.27. The zero-order valence-electron chi connectivity index (χ0n) is 7.20. The van der Waals surface area contributed by atoms with E-state index in [-0.39, 0.29) is 0 Å². The minimum Gasteiger partial charge on any atom is -0.399 e. The summed E-state index contributed by atoms with van der Waals surface area (Å²) in [4.78, 5) is 0. The van der Waals surface area contributed by atoms with Crippen molar-refractivity contribution in [3.63, 3.8) is 0 Å². The van der Waals surface area contributed by atoms with E-state index in [1.54, 1.807) is 12.1 Å². The van der Waals surface area contributed by atoms with Gasteiger partial charge in [-0.15, -0.1) is 0 Å². The van der Waals surface area contributed by atoms with Crippen molar-refractivity contribution in [3.05, 3.63) is 35.4 Å². The molecule has 3 nitrogen and oxygen atoms in total. The molecule has 0 saturated heterocycles. The van der Waals surface area contributed by atoms with Crippen LogP contribution in [0.25, 0.3) is 6.08 Å². The van der Waals surface area contributed by atoms with E-state index in [0.717, 1.165) is 11.1 Å². The first-order chi connectivity index (χ1) is 6.09. The normalized spacial score (nSPS) is 25.7. The summed E-state index contributed by atoms with van der Waals surface area (Å²) in [7, 11) is 0. The van der Waals surface area contributed by atoms with Crippen LogP contribution >= 0.6 is 0 Å². The Hall–Kier alpha value is -1.32. The van der Waals surface area contributed by atoms with Gasteiger partial charge in [0, 0.05) is 17.7 Å². The van der Waals surface area contributed by atoms with Gasteiger partial charge in [0.1, 0.15) is 5.72 Å². The molecule has 5 N–H and O–H groups in total. The van der Waals surface area contributed by atoms with E-state index in [9.17, 15) is 5.11 Å². The van der Waals surface area contributed by atoms with E-state index in [2.05, 4.69) is 0 Å². The van der Waals surface area contributed by atoms with Crippen LogP contribution in [0.15, 0.2) is 24.3 Å². The largest absolute Gasteiger partial charge is 0.399 e. The van der Waals surface area contributed by atoms with Gasteiger partial charge in [0.05, 0.1) is 0 Å². The van der Waals surface area contributed by atoms with Crippen LogP contribution in [0.4, 0.5) is 5.69 Å². The van der Waals surface area contributed by atoms with Gasteiger partial charge in [-0.2, -0.15) is 0 Å². The standard InChI is InChI=1S/C10H12N2O/c11-8-3-4-9-7(6-8)2-1-5-10(9,12)13/h1-4,6,13H,5,11-12H2. The third-order valence-electron chi connectivity index (χ3n) is 2.27. The molecule has 68 valence electrons. The smallest absolute Gasteiger partial charge is 0.143 e. The van der Waals surface area contributed by atoms with Crippen LogP contribution in [-0.2, 0) is 5.72 Å². The predicted molar refractivity (Wildman–Crippen MR) is 52.6 cm³/mol. The molecule has 3 heteroatoms. The van der Waals surface area contributed by atoms with Gasteiger partial charge in [0.25, 0.3) is 0 Å². The predicted octanol–water partition coefficient (Wildman–Crippen LogP) is 0.790. The van der Waals surface area contributed by atoms with Crippen molar-refractivity contribution in [2.45, 2.75) is 12.1 Å². The Labute approximate surface area is 76.7 Å². The number of nitrogens with two attached hydrogens (primary N) is 2. The van der Waals surface area contributed by atoms with Gasteiger partial charge in [-0.1, -0.05) is 18.2 Å². The molecule has 0 bridgehead atoms. The monoisotopic (exact) mass is 176 g/mol. The van der Waals surface area contributed by atoms with Crippen LogP contribution in [-0.4, -0.2) is 5.11 Å². The SMILES string of the molecule is Nc1ccc2c(c1)C=CCC2(N)O. The summed E-state index contributed by atoms with van der Waals surface area (Å²) in [6.07, 6.45) is 4.22. The topological polar surface area (TPSA) is 72.3 Å². The van der Waals surface area contributed by atoms with Crippen molar-refractivity contribution in [1.82, 2.24) is 0 Å². The van der Waals surface area contributed by atoms with Crippen LogP contribution < -0.4 is 11.5 Å². The maximum atomic E-state index is 9.80. The molecule has 1 aromatic carbocycles. The molecule has 0 heterocycles. The number of aliphatic hydroxyl groups is 1. The van der Waals surface area contributed by atoms with Crippen molar-refractivity contribution in [1.29, 1.82) is 0 Å². The fourth-order valence-corrected chi connectivity index (χ4v) is 1.59. The van der Waals surface area contributed by atoms with E-state index in [1.165, 1.54) is 0 Å². The summed E-state index contributed by atoms with van der Waals surface area (Å²) in [5.74, 6) is 0. The second kappa shape index (κ2) is 2.58. The lowest BCUT2D eigenvalue weighted by Gasteiger charge is -2.27. The van der Waals surface area contributed by atoms with Gasteiger partial charge >= 0.3 is 0 Å². The Kier molecular flexibility index (Phi) is 1.65. The van der Waals surface area contributed by atoms with E-state index in [0.29, 0.717) is 12.1 Å². The van der Waals surface area contributed by atoms with Crippen LogP contribution in [0.5, 0.6) is 0 Å². The molecule has 1 atom stereocenters. The first kappa shape index (κ1) is 8.29. The van der Waals surface area contributed by atoms with Crippen molar-refractivity contribution >= 4 is 11.8 Å². The van der Waals surface area contributed by atoms with Gasteiger partial charge in [0.2, 0.25) is 0 Å². The number of benzene rings is 1. The van der Waals surface area contributed by atoms with Gasteiger partial charge < -0.3 is 10.8 Å². The van der Waals surface area contributed by atoms with E-state index in [1.807, 2.05) is 18.2 Å². The molecule has 0 spiro atoms. The fourth-order valence-electron chi connectivity index (χ4n) is 1.59. The molecule has 1 aliphatic carbocycles. The highest BCUT2D eigenvalue weighted by molar-refractivity contribution is 5.63. The zero-order chi connectivity index (χ0) is 9.47. The Morgan fingerprint density at radius 2 is 2.15 bits per heavy atom. The van der Waals surface area contributed by atoms with Crippen molar-refractivity contribution in [3.8, 4) is 0 Å². The lowest BCUT2D eigenvalue weighted by atomic mass is 9.90. The molecule has 0 fully saturated rings. The molecule has 1 aliphatic rings. The molecule has 0 saturated carbocycles. The van der Waals surface area contributed by atoms with Gasteiger partial charge in [-0.3, -0.25) is 5.73 Å². The van der Waals surface area contributed by atoms with Crippen LogP contribution in [0.2, 0.25) is 0 Å². The molecule has 1 aromatic rings. The molecule has 0 aliphatic heterocycles.